The maximum atomic E-state index is 13.0. The van der Waals surface area contributed by atoms with Crippen LogP contribution in [-0.2, 0) is 25.8 Å². The highest BCUT2D eigenvalue weighted by atomic mass is 79.9. The topological polar surface area (TPSA) is 102 Å². The number of fused-ring (bicyclic) bond motifs is 1. The summed E-state index contributed by atoms with van der Waals surface area (Å²) >= 11 is 3.34. The Kier molecular flexibility index (Phi) is 7.45. The number of hydrogen-bond acceptors (Lipinski definition) is 6. The van der Waals surface area contributed by atoms with Crippen LogP contribution in [0.15, 0.2) is 39.7 Å². The van der Waals surface area contributed by atoms with Crippen LogP contribution in [0, 0.1) is 0 Å². The molecule has 0 saturated carbocycles. The van der Waals surface area contributed by atoms with Crippen molar-refractivity contribution in [2.45, 2.75) is 31.1 Å². The van der Waals surface area contributed by atoms with Crippen LogP contribution in [0.3, 0.4) is 0 Å². The monoisotopic (exact) mass is 524 g/mol. The zero-order valence-corrected chi connectivity index (χ0v) is 20.5. The van der Waals surface area contributed by atoms with Gasteiger partial charge in [-0.25, -0.2) is 8.42 Å². The number of carbonyl (C=O) groups excluding carboxylic acids is 2. The van der Waals surface area contributed by atoms with Crippen molar-refractivity contribution in [3.05, 3.63) is 40.4 Å². The van der Waals surface area contributed by atoms with E-state index in [-0.39, 0.29) is 23.0 Å². The van der Waals surface area contributed by atoms with E-state index in [0.29, 0.717) is 46.7 Å². The van der Waals surface area contributed by atoms with Crippen molar-refractivity contribution < 1.29 is 27.5 Å². The standard InChI is InChI=1S/C22H25BrN2O6S/c1-4-22(27)25-9-7-14-11-16(23)20(13-18(14)25)32(28,29)10-8-21(26)24-17-6-5-15(30-2)12-19(17)31-3/h5-6,11-13H,4,7-10H2,1-3H3,(H,24,26). The number of sulfone groups is 1. The summed E-state index contributed by atoms with van der Waals surface area (Å²) in [7, 11) is -0.794. The summed E-state index contributed by atoms with van der Waals surface area (Å²) in [6.07, 6.45) is 0.775. The van der Waals surface area contributed by atoms with E-state index in [1.54, 1.807) is 36.1 Å². The number of methoxy groups -OCH3 is 2. The predicted octanol–water partition coefficient (Wildman–Crippen LogP) is 3.57. The number of ether oxygens (including phenoxy) is 2. The van der Waals surface area contributed by atoms with Gasteiger partial charge in [-0.05, 0) is 52.2 Å². The van der Waals surface area contributed by atoms with Crippen molar-refractivity contribution in [2.24, 2.45) is 0 Å². The summed E-state index contributed by atoms with van der Waals surface area (Å²) in [5.74, 6) is 0.0811. The highest BCUT2D eigenvalue weighted by Gasteiger charge is 2.28. The van der Waals surface area contributed by atoms with Crippen molar-refractivity contribution >= 4 is 49.0 Å². The van der Waals surface area contributed by atoms with Gasteiger partial charge in [0.15, 0.2) is 9.84 Å². The van der Waals surface area contributed by atoms with Gasteiger partial charge in [-0.15, -0.1) is 0 Å². The number of anilines is 2. The largest absolute Gasteiger partial charge is 0.497 e. The lowest BCUT2D eigenvalue weighted by Crippen LogP contribution is -2.28. The first kappa shape index (κ1) is 24.1. The second-order valence-corrected chi connectivity index (χ2v) is 10.2. The highest BCUT2D eigenvalue weighted by Crippen LogP contribution is 2.36. The summed E-state index contributed by atoms with van der Waals surface area (Å²) < 4.78 is 36.8. The molecule has 0 bridgehead atoms. The lowest BCUT2D eigenvalue weighted by atomic mass is 10.2. The van der Waals surface area contributed by atoms with Crippen LogP contribution in [0.5, 0.6) is 11.5 Å². The molecule has 0 spiro atoms. The zero-order valence-electron chi connectivity index (χ0n) is 18.1. The minimum Gasteiger partial charge on any atom is -0.497 e. The first-order valence-corrected chi connectivity index (χ1v) is 12.5. The zero-order chi connectivity index (χ0) is 23.5. The highest BCUT2D eigenvalue weighted by molar-refractivity contribution is 9.10. The fraction of sp³-hybridized carbons (Fsp3) is 0.364. The van der Waals surface area contributed by atoms with E-state index in [1.807, 2.05) is 0 Å². The smallest absolute Gasteiger partial charge is 0.226 e. The molecule has 1 aliphatic rings. The molecule has 10 heteroatoms. The third kappa shape index (κ3) is 5.07. The Morgan fingerprint density at radius 3 is 2.56 bits per heavy atom. The Morgan fingerprint density at radius 1 is 1.16 bits per heavy atom. The van der Waals surface area contributed by atoms with E-state index in [4.69, 9.17) is 9.47 Å². The summed E-state index contributed by atoms with van der Waals surface area (Å²) in [6.45, 7) is 2.30. The molecule has 2 aromatic rings. The van der Waals surface area contributed by atoms with Crippen LogP contribution in [-0.4, -0.2) is 46.7 Å². The molecule has 0 fully saturated rings. The number of nitrogens with zero attached hydrogens (tertiary/aromatic N) is 1. The molecule has 0 radical (unpaired) electrons. The first-order valence-electron chi connectivity index (χ1n) is 10.1. The summed E-state index contributed by atoms with van der Waals surface area (Å²) in [4.78, 5) is 26.3. The van der Waals surface area contributed by atoms with E-state index in [0.717, 1.165) is 5.56 Å². The number of halogens is 1. The van der Waals surface area contributed by atoms with E-state index in [9.17, 15) is 18.0 Å². The Labute approximate surface area is 195 Å². The molecule has 2 aromatic carbocycles. The number of carbonyl (C=O) groups is 2. The molecule has 1 heterocycles. The third-order valence-electron chi connectivity index (χ3n) is 5.25. The van der Waals surface area contributed by atoms with Gasteiger partial charge < -0.3 is 19.7 Å². The molecule has 32 heavy (non-hydrogen) atoms. The fourth-order valence-electron chi connectivity index (χ4n) is 3.53. The average molecular weight is 525 g/mol. The second kappa shape index (κ2) is 9.91. The Hall–Kier alpha value is -2.59. The number of amides is 2. The van der Waals surface area contributed by atoms with Gasteiger partial charge in [-0.3, -0.25) is 9.59 Å². The molecule has 0 atom stereocenters. The molecule has 3 rings (SSSR count). The van der Waals surface area contributed by atoms with Crippen LogP contribution >= 0.6 is 15.9 Å². The van der Waals surface area contributed by atoms with Crippen LogP contribution in [0.2, 0.25) is 0 Å². The predicted molar refractivity (Wildman–Crippen MR) is 125 cm³/mol. The van der Waals surface area contributed by atoms with Crippen LogP contribution in [0.4, 0.5) is 11.4 Å². The van der Waals surface area contributed by atoms with Gasteiger partial charge in [0.1, 0.15) is 11.5 Å². The van der Waals surface area contributed by atoms with Crippen LogP contribution < -0.4 is 19.7 Å². The molecule has 0 aromatic heterocycles. The maximum Gasteiger partial charge on any atom is 0.226 e. The lowest BCUT2D eigenvalue weighted by molar-refractivity contribution is -0.118. The van der Waals surface area contributed by atoms with Gasteiger partial charge in [0.05, 0.1) is 30.6 Å². The fourth-order valence-corrected chi connectivity index (χ4v) is 5.98. The number of nitrogens with one attached hydrogen (secondary N) is 1. The van der Waals surface area contributed by atoms with Gasteiger partial charge in [0.25, 0.3) is 0 Å². The van der Waals surface area contributed by atoms with Gasteiger partial charge in [0, 0.05) is 35.6 Å². The van der Waals surface area contributed by atoms with Crippen LogP contribution in [0.25, 0.3) is 0 Å². The molecular weight excluding hydrogens is 500 g/mol. The van der Waals surface area contributed by atoms with Crippen molar-refractivity contribution in [3.63, 3.8) is 0 Å². The third-order valence-corrected chi connectivity index (χ3v) is 7.92. The van der Waals surface area contributed by atoms with Crippen molar-refractivity contribution in [1.82, 2.24) is 0 Å². The Bertz CT molecular complexity index is 1150. The molecule has 1 N–H and O–H groups in total. The van der Waals surface area contributed by atoms with Gasteiger partial charge >= 0.3 is 0 Å². The molecule has 172 valence electrons. The average Bonchev–Trinajstić information content (AvgIpc) is 3.19. The van der Waals surface area contributed by atoms with Gasteiger partial charge in [-0.1, -0.05) is 6.92 Å². The molecule has 0 unspecified atom stereocenters. The van der Waals surface area contributed by atoms with Crippen LogP contribution in [0.1, 0.15) is 25.3 Å². The molecule has 1 aliphatic heterocycles. The van der Waals surface area contributed by atoms with E-state index < -0.39 is 15.7 Å². The summed E-state index contributed by atoms with van der Waals surface area (Å²) in [5.41, 5.74) is 1.95. The number of benzene rings is 2. The molecular formula is C22H25BrN2O6S. The minimum absolute atomic E-state index is 0.0535. The maximum absolute atomic E-state index is 13.0. The quantitative estimate of drug-likeness (QED) is 0.566. The SMILES string of the molecule is CCC(=O)N1CCc2cc(Br)c(S(=O)(=O)CCC(=O)Nc3ccc(OC)cc3OC)cc21. The Morgan fingerprint density at radius 2 is 1.91 bits per heavy atom. The lowest BCUT2D eigenvalue weighted by Gasteiger charge is -2.18. The minimum atomic E-state index is -3.78. The van der Waals surface area contributed by atoms with E-state index in [1.165, 1.54) is 20.3 Å². The molecule has 8 nitrogen and oxygen atoms in total. The normalized spacial score (nSPS) is 12.9. The van der Waals surface area contributed by atoms with Gasteiger partial charge in [-0.2, -0.15) is 0 Å². The number of rotatable bonds is 8. The second-order valence-electron chi connectivity index (χ2n) is 7.24. The first-order chi connectivity index (χ1) is 15.2. The summed E-state index contributed by atoms with van der Waals surface area (Å²) in [5, 5.41) is 2.67. The molecule has 0 saturated heterocycles. The van der Waals surface area contributed by atoms with E-state index in [2.05, 4.69) is 21.2 Å². The molecule has 2 amide bonds. The van der Waals surface area contributed by atoms with Gasteiger partial charge in [0.2, 0.25) is 11.8 Å². The van der Waals surface area contributed by atoms with Crippen molar-refractivity contribution in [2.75, 3.05) is 36.7 Å². The number of hydrogen-bond donors (Lipinski definition) is 1. The Balaban J connectivity index is 1.75. The molecule has 0 aliphatic carbocycles. The van der Waals surface area contributed by atoms with E-state index >= 15 is 0 Å². The summed E-state index contributed by atoms with van der Waals surface area (Å²) in [6, 6.07) is 8.19. The van der Waals surface area contributed by atoms with Crippen molar-refractivity contribution in [1.29, 1.82) is 0 Å². The van der Waals surface area contributed by atoms with Crippen molar-refractivity contribution in [3.8, 4) is 11.5 Å².